The highest BCUT2D eigenvalue weighted by Crippen LogP contribution is 2.49. The number of esters is 1. The van der Waals surface area contributed by atoms with Crippen molar-refractivity contribution in [3.63, 3.8) is 0 Å². The van der Waals surface area contributed by atoms with Gasteiger partial charge >= 0.3 is 5.97 Å². The molecule has 1 aromatic rings. The fourth-order valence-corrected chi connectivity index (χ4v) is 4.03. The second-order valence-electron chi connectivity index (χ2n) is 6.58. The fourth-order valence-electron chi connectivity index (χ4n) is 4.03. The minimum Gasteiger partial charge on any atom is -0.468 e. The van der Waals surface area contributed by atoms with E-state index < -0.39 is 5.41 Å². The van der Waals surface area contributed by atoms with Gasteiger partial charge in [0.15, 0.2) is 0 Å². The second kappa shape index (κ2) is 7.47. The number of halogens is 1. The quantitative estimate of drug-likeness (QED) is 0.795. The number of hydrogen-bond donors (Lipinski definition) is 0. The summed E-state index contributed by atoms with van der Waals surface area (Å²) in [4.78, 5) is 14.9. The van der Waals surface area contributed by atoms with E-state index in [1.54, 1.807) is 0 Å². The first kappa shape index (κ1) is 17.3. The first-order valence-electron chi connectivity index (χ1n) is 8.11. The topological polar surface area (TPSA) is 29.5 Å². The molecule has 2 aliphatic rings. The molecule has 3 nitrogen and oxygen atoms in total. The zero-order valence-electron chi connectivity index (χ0n) is 13.3. The maximum Gasteiger partial charge on any atom is 0.316 e. The molecule has 3 rings (SSSR count). The fraction of sp³-hybridized carbons (Fsp3) is 0.611. The van der Waals surface area contributed by atoms with Gasteiger partial charge in [-0.05, 0) is 50.3 Å². The van der Waals surface area contributed by atoms with E-state index in [4.69, 9.17) is 4.74 Å². The summed E-state index contributed by atoms with van der Waals surface area (Å²) in [6.07, 6.45) is 5.89. The van der Waals surface area contributed by atoms with Gasteiger partial charge in [0, 0.05) is 6.54 Å². The Balaban J connectivity index is 0.00000176. The Hall–Kier alpha value is -1.06. The van der Waals surface area contributed by atoms with Gasteiger partial charge in [0.05, 0.1) is 12.5 Å². The third-order valence-corrected chi connectivity index (χ3v) is 5.14. The van der Waals surface area contributed by atoms with Crippen molar-refractivity contribution in [2.24, 2.45) is 5.92 Å². The number of carbonyl (C=O) groups is 1. The SMILES string of the molecule is COC(=O)C1(c2ccccc2)CC(CN2CCCCC2)C1.Cl. The van der Waals surface area contributed by atoms with Crippen molar-refractivity contribution in [2.45, 2.75) is 37.5 Å². The lowest BCUT2D eigenvalue weighted by atomic mass is 9.58. The number of methoxy groups -OCH3 is 1. The minimum atomic E-state index is -0.392. The molecule has 1 aliphatic heterocycles. The average molecular weight is 324 g/mol. The molecule has 1 saturated heterocycles. The number of likely N-dealkylation sites (tertiary alicyclic amines) is 1. The van der Waals surface area contributed by atoms with Crippen LogP contribution in [0.15, 0.2) is 30.3 Å². The van der Waals surface area contributed by atoms with Crippen LogP contribution in [0, 0.1) is 5.92 Å². The van der Waals surface area contributed by atoms with Gasteiger partial charge in [0.25, 0.3) is 0 Å². The van der Waals surface area contributed by atoms with Gasteiger partial charge < -0.3 is 9.64 Å². The van der Waals surface area contributed by atoms with Crippen molar-refractivity contribution in [1.82, 2.24) is 4.90 Å². The van der Waals surface area contributed by atoms with E-state index in [-0.39, 0.29) is 18.4 Å². The van der Waals surface area contributed by atoms with Crippen LogP contribution in [0.4, 0.5) is 0 Å². The standard InChI is InChI=1S/C18H25NO2.ClH/c1-21-17(20)18(16-8-4-2-5-9-16)12-15(13-18)14-19-10-6-3-7-11-19;/h2,4-5,8-9,15H,3,6-7,10-14H2,1H3;1H. The summed E-state index contributed by atoms with van der Waals surface area (Å²) >= 11 is 0. The molecule has 22 heavy (non-hydrogen) atoms. The second-order valence-corrected chi connectivity index (χ2v) is 6.58. The van der Waals surface area contributed by atoms with E-state index in [1.165, 1.54) is 39.5 Å². The number of ether oxygens (including phenoxy) is 1. The number of nitrogens with zero attached hydrogens (tertiary/aromatic N) is 1. The lowest BCUT2D eigenvalue weighted by molar-refractivity contribution is -0.154. The number of carbonyl (C=O) groups excluding carboxylic acids is 1. The van der Waals surface area contributed by atoms with Crippen LogP contribution in [-0.2, 0) is 14.9 Å². The largest absolute Gasteiger partial charge is 0.468 e. The summed E-state index contributed by atoms with van der Waals surface area (Å²) in [6.45, 7) is 3.60. The van der Waals surface area contributed by atoms with Crippen molar-refractivity contribution in [2.75, 3.05) is 26.7 Å². The van der Waals surface area contributed by atoms with Crippen LogP contribution in [0.5, 0.6) is 0 Å². The Labute approximate surface area is 139 Å². The van der Waals surface area contributed by atoms with Gasteiger partial charge in [-0.15, -0.1) is 12.4 Å². The highest BCUT2D eigenvalue weighted by atomic mass is 35.5. The molecule has 1 heterocycles. The van der Waals surface area contributed by atoms with Crippen LogP contribution in [-0.4, -0.2) is 37.6 Å². The lowest BCUT2D eigenvalue weighted by Crippen LogP contribution is -2.52. The van der Waals surface area contributed by atoms with Crippen LogP contribution in [0.1, 0.15) is 37.7 Å². The molecule has 4 heteroatoms. The van der Waals surface area contributed by atoms with Crippen molar-refractivity contribution in [3.05, 3.63) is 35.9 Å². The van der Waals surface area contributed by atoms with E-state index >= 15 is 0 Å². The Morgan fingerprint density at radius 2 is 1.82 bits per heavy atom. The predicted molar refractivity (Wildman–Crippen MR) is 90.4 cm³/mol. The lowest BCUT2D eigenvalue weighted by Gasteiger charge is -2.47. The molecular formula is C18H26ClNO2. The van der Waals surface area contributed by atoms with E-state index in [9.17, 15) is 4.79 Å². The summed E-state index contributed by atoms with van der Waals surface area (Å²) in [6, 6.07) is 10.1. The average Bonchev–Trinajstić information content (AvgIpc) is 2.51. The molecular weight excluding hydrogens is 298 g/mol. The van der Waals surface area contributed by atoms with Crippen molar-refractivity contribution in [1.29, 1.82) is 0 Å². The molecule has 1 aromatic carbocycles. The van der Waals surface area contributed by atoms with Crippen molar-refractivity contribution in [3.8, 4) is 0 Å². The number of rotatable bonds is 4. The van der Waals surface area contributed by atoms with Gasteiger partial charge in [-0.3, -0.25) is 4.79 Å². The highest BCUT2D eigenvalue weighted by molar-refractivity contribution is 5.85. The Bertz CT molecular complexity index is 479. The van der Waals surface area contributed by atoms with Gasteiger partial charge in [-0.25, -0.2) is 0 Å². The first-order valence-corrected chi connectivity index (χ1v) is 8.11. The zero-order chi connectivity index (χ0) is 14.7. The summed E-state index contributed by atoms with van der Waals surface area (Å²) in [5, 5.41) is 0. The molecule has 0 unspecified atom stereocenters. The van der Waals surface area contributed by atoms with E-state index in [2.05, 4.69) is 17.0 Å². The molecule has 0 atom stereocenters. The molecule has 0 amide bonds. The molecule has 0 radical (unpaired) electrons. The van der Waals surface area contributed by atoms with E-state index in [1.807, 2.05) is 18.2 Å². The molecule has 0 bridgehead atoms. The van der Waals surface area contributed by atoms with E-state index in [0.29, 0.717) is 5.92 Å². The van der Waals surface area contributed by atoms with Gasteiger partial charge in [-0.2, -0.15) is 0 Å². The summed E-state index contributed by atoms with van der Waals surface area (Å²) in [5.41, 5.74) is 0.725. The number of benzene rings is 1. The molecule has 2 fully saturated rings. The first-order chi connectivity index (χ1) is 10.2. The molecule has 0 spiro atoms. The van der Waals surface area contributed by atoms with Crippen molar-refractivity contribution >= 4 is 18.4 Å². The van der Waals surface area contributed by atoms with Crippen LogP contribution >= 0.6 is 12.4 Å². The molecule has 1 aliphatic carbocycles. The summed E-state index contributed by atoms with van der Waals surface area (Å²) in [5.74, 6) is 0.561. The Morgan fingerprint density at radius 1 is 1.18 bits per heavy atom. The van der Waals surface area contributed by atoms with Gasteiger partial charge in [0.1, 0.15) is 0 Å². The monoisotopic (exact) mass is 323 g/mol. The van der Waals surface area contributed by atoms with Crippen LogP contribution in [0.25, 0.3) is 0 Å². The summed E-state index contributed by atoms with van der Waals surface area (Å²) in [7, 11) is 1.50. The highest BCUT2D eigenvalue weighted by Gasteiger charge is 2.52. The van der Waals surface area contributed by atoms with Gasteiger partial charge in [0.2, 0.25) is 0 Å². The normalized spacial score (nSPS) is 28.3. The molecule has 1 saturated carbocycles. The van der Waals surface area contributed by atoms with Gasteiger partial charge in [-0.1, -0.05) is 36.8 Å². The number of hydrogen-bond acceptors (Lipinski definition) is 3. The van der Waals surface area contributed by atoms with Crippen LogP contribution in [0.3, 0.4) is 0 Å². The Kier molecular flexibility index (Phi) is 5.87. The van der Waals surface area contributed by atoms with Crippen LogP contribution < -0.4 is 0 Å². The Morgan fingerprint density at radius 3 is 2.41 bits per heavy atom. The zero-order valence-corrected chi connectivity index (χ0v) is 14.1. The maximum atomic E-state index is 12.3. The smallest absolute Gasteiger partial charge is 0.316 e. The maximum absolute atomic E-state index is 12.3. The third kappa shape index (κ3) is 3.31. The summed E-state index contributed by atoms with van der Waals surface area (Å²) < 4.78 is 5.10. The molecule has 0 aromatic heterocycles. The van der Waals surface area contributed by atoms with E-state index in [0.717, 1.165) is 24.9 Å². The predicted octanol–water partition coefficient (Wildman–Crippen LogP) is 3.42. The minimum absolute atomic E-state index is 0. The van der Waals surface area contributed by atoms with Crippen LogP contribution in [0.2, 0.25) is 0 Å². The third-order valence-electron chi connectivity index (χ3n) is 5.14. The molecule has 122 valence electrons. The number of piperidine rings is 1. The van der Waals surface area contributed by atoms with Crippen molar-refractivity contribution < 1.29 is 9.53 Å². The molecule has 0 N–H and O–H groups in total.